The predicted molar refractivity (Wildman–Crippen MR) is 68.7 cm³/mol. The second-order valence-electron chi connectivity index (χ2n) is 4.47. The molecule has 1 aliphatic rings. The number of imidazole rings is 1. The van der Waals surface area contributed by atoms with Crippen LogP contribution in [0, 0.1) is 0 Å². The Morgan fingerprint density at radius 1 is 1.47 bits per heavy atom. The number of benzene rings is 1. The second-order valence-corrected chi connectivity index (χ2v) is 4.87. The van der Waals surface area contributed by atoms with Crippen LogP contribution in [-0.2, 0) is 7.05 Å². The van der Waals surface area contributed by atoms with Gasteiger partial charge < -0.3 is 5.32 Å². The topological polar surface area (TPSA) is 39.0 Å². The van der Waals surface area contributed by atoms with Crippen LogP contribution >= 0.6 is 11.6 Å². The highest BCUT2D eigenvalue weighted by molar-refractivity contribution is 6.35. The molecule has 0 amide bonds. The van der Waals surface area contributed by atoms with Gasteiger partial charge in [0.15, 0.2) is 0 Å². The summed E-state index contributed by atoms with van der Waals surface area (Å²) in [5, 5.41) is 3.92. The van der Waals surface area contributed by atoms with Crippen LogP contribution in [0.15, 0.2) is 23.0 Å². The van der Waals surface area contributed by atoms with Crippen molar-refractivity contribution in [2.45, 2.75) is 12.5 Å². The minimum atomic E-state index is 0.0156. The first kappa shape index (κ1) is 10.9. The van der Waals surface area contributed by atoms with Crippen molar-refractivity contribution in [2.24, 2.45) is 7.05 Å². The number of fused-ring (bicyclic) bond motifs is 1. The number of hydrogen-bond donors (Lipinski definition) is 1. The van der Waals surface area contributed by atoms with Gasteiger partial charge in [-0.25, -0.2) is 4.79 Å². The van der Waals surface area contributed by atoms with E-state index in [-0.39, 0.29) is 11.7 Å². The molecule has 2 aromatic rings. The van der Waals surface area contributed by atoms with Gasteiger partial charge in [0.25, 0.3) is 0 Å². The van der Waals surface area contributed by atoms with Gasteiger partial charge in [0.05, 0.1) is 22.1 Å². The molecule has 2 heterocycles. The van der Waals surface area contributed by atoms with E-state index in [1.165, 1.54) is 0 Å². The molecule has 0 aliphatic carbocycles. The molecule has 0 saturated carbocycles. The van der Waals surface area contributed by atoms with E-state index in [0.29, 0.717) is 5.02 Å². The minimum absolute atomic E-state index is 0.0156. The lowest BCUT2D eigenvalue weighted by atomic mass is 10.2. The highest BCUT2D eigenvalue weighted by atomic mass is 35.5. The summed E-state index contributed by atoms with van der Waals surface area (Å²) in [6.45, 7) is 1.79. The van der Waals surface area contributed by atoms with Crippen molar-refractivity contribution in [2.75, 3.05) is 13.1 Å². The molecule has 1 N–H and O–H groups in total. The first-order valence-electron chi connectivity index (χ1n) is 5.76. The van der Waals surface area contributed by atoms with Crippen LogP contribution in [0.5, 0.6) is 0 Å². The molecule has 1 aromatic carbocycles. The number of aryl methyl sites for hydroxylation is 1. The van der Waals surface area contributed by atoms with E-state index < -0.39 is 0 Å². The average Bonchev–Trinajstić information content (AvgIpc) is 2.90. The Hall–Kier alpha value is -1.26. The van der Waals surface area contributed by atoms with Gasteiger partial charge in [0, 0.05) is 13.6 Å². The normalized spacial score (nSPS) is 20.2. The fourth-order valence-electron chi connectivity index (χ4n) is 2.57. The van der Waals surface area contributed by atoms with Crippen molar-refractivity contribution in [3.05, 3.63) is 33.7 Å². The summed E-state index contributed by atoms with van der Waals surface area (Å²) in [5.74, 6) is 0. The van der Waals surface area contributed by atoms with Gasteiger partial charge in [-0.3, -0.25) is 9.13 Å². The van der Waals surface area contributed by atoms with E-state index in [0.717, 1.165) is 30.5 Å². The van der Waals surface area contributed by atoms with E-state index in [9.17, 15) is 4.79 Å². The highest BCUT2D eigenvalue weighted by Gasteiger charge is 2.23. The zero-order valence-electron chi connectivity index (χ0n) is 9.61. The highest BCUT2D eigenvalue weighted by Crippen LogP contribution is 2.26. The molecule has 3 rings (SSSR count). The molecule has 4 nitrogen and oxygen atoms in total. The smallest absolute Gasteiger partial charge is 0.315 e. The first-order valence-corrected chi connectivity index (χ1v) is 6.14. The van der Waals surface area contributed by atoms with Gasteiger partial charge in [0.2, 0.25) is 0 Å². The van der Waals surface area contributed by atoms with Crippen LogP contribution in [0.3, 0.4) is 0 Å². The monoisotopic (exact) mass is 251 g/mol. The van der Waals surface area contributed by atoms with Crippen molar-refractivity contribution in [3.63, 3.8) is 0 Å². The maximum Gasteiger partial charge on any atom is 0.329 e. The summed E-state index contributed by atoms with van der Waals surface area (Å²) in [7, 11) is 1.79. The van der Waals surface area contributed by atoms with Crippen LogP contribution < -0.4 is 11.0 Å². The third-order valence-electron chi connectivity index (χ3n) is 3.46. The number of para-hydroxylation sites is 1. The Morgan fingerprint density at radius 2 is 2.29 bits per heavy atom. The molecule has 1 unspecified atom stereocenters. The fraction of sp³-hybridized carbons (Fsp3) is 0.417. The molecular formula is C12H14ClN3O. The van der Waals surface area contributed by atoms with E-state index in [1.54, 1.807) is 11.6 Å². The number of hydrogen-bond acceptors (Lipinski definition) is 2. The summed E-state index contributed by atoms with van der Waals surface area (Å²) >= 11 is 6.23. The van der Waals surface area contributed by atoms with Crippen LogP contribution in [0.1, 0.15) is 12.5 Å². The standard InChI is InChI=1S/C12H14ClN3O/c1-15-10-4-2-3-9(13)11(10)16(12(15)17)8-5-6-14-7-8/h2-4,8,14H,5-7H2,1H3. The lowest BCUT2D eigenvalue weighted by Gasteiger charge is -2.11. The molecule has 1 aromatic heterocycles. The minimum Gasteiger partial charge on any atom is -0.315 e. The zero-order valence-corrected chi connectivity index (χ0v) is 10.4. The van der Waals surface area contributed by atoms with Gasteiger partial charge in [-0.15, -0.1) is 0 Å². The molecular weight excluding hydrogens is 238 g/mol. The quantitative estimate of drug-likeness (QED) is 0.835. The molecule has 0 spiro atoms. The number of nitrogens with one attached hydrogen (secondary N) is 1. The Bertz CT molecular complexity index is 622. The maximum absolute atomic E-state index is 12.3. The number of aromatic nitrogens is 2. The summed E-state index contributed by atoms with van der Waals surface area (Å²) in [5.41, 5.74) is 1.77. The molecule has 1 saturated heterocycles. The molecule has 5 heteroatoms. The number of halogens is 1. The summed E-state index contributed by atoms with van der Waals surface area (Å²) in [6.07, 6.45) is 0.976. The molecule has 17 heavy (non-hydrogen) atoms. The molecule has 0 bridgehead atoms. The second kappa shape index (κ2) is 3.89. The largest absolute Gasteiger partial charge is 0.329 e. The SMILES string of the molecule is Cn1c(=O)n(C2CCNC2)c2c(Cl)cccc21. The fourth-order valence-corrected chi connectivity index (χ4v) is 2.83. The third-order valence-corrected chi connectivity index (χ3v) is 3.77. The van der Waals surface area contributed by atoms with Gasteiger partial charge in [-0.1, -0.05) is 17.7 Å². The van der Waals surface area contributed by atoms with Crippen molar-refractivity contribution in [3.8, 4) is 0 Å². The van der Waals surface area contributed by atoms with Crippen LogP contribution in [0.2, 0.25) is 5.02 Å². The third kappa shape index (κ3) is 1.51. The lowest BCUT2D eigenvalue weighted by molar-refractivity contribution is 0.535. The maximum atomic E-state index is 12.3. The van der Waals surface area contributed by atoms with Crippen molar-refractivity contribution in [1.29, 1.82) is 0 Å². The lowest BCUT2D eigenvalue weighted by Crippen LogP contribution is -2.27. The van der Waals surface area contributed by atoms with Crippen LogP contribution in [0.25, 0.3) is 11.0 Å². The van der Waals surface area contributed by atoms with Gasteiger partial charge in [-0.05, 0) is 25.1 Å². The molecule has 1 atom stereocenters. The number of nitrogens with zero attached hydrogens (tertiary/aromatic N) is 2. The van der Waals surface area contributed by atoms with Crippen molar-refractivity contribution in [1.82, 2.24) is 14.5 Å². The first-order chi connectivity index (χ1) is 8.20. The molecule has 1 aliphatic heterocycles. The summed E-state index contributed by atoms with van der Waals surface area (Å²) in [4.78, 5) is 12.3. The summed E-state index contributed by atoms with van der Waals surface area (Å²) in [6, 6.07) is 5.86. The Balaban J connectivity index is 2.36. The Kier molecular flexibility index (Phi) is 2.49. The molecule has 1 fully saturated rings. The Labute approximate surface area is 104 Å². The van der Waals surface area contributed by atoms with Crippen LogP contribution in [-0.4, -0.2) is 22.2 Å². The average molecular weight is 252 g/mol. The summed E-state index contributed by atoms with van der Waals surface area (Å²) < 4.78 is 3.50. The van der Waals surface area contributed by atoms with E-state index >= 15 is 0 Å². The van der Waals surface area contributed by atoms with Gasteiger partial charge in [-0.2, -0.15) is 0 Å². The van der Waals surface area contributed by atoms with E-state index in [4.69, 9.17) is 11.6 Å². The van der Waals surface area contributed by atoms with Crippen molar-refractivity contribution >= 4 is 22.6 Å². The van der Waals surface area contributed by atoms with Gasteiger partial charge >= 0.3 is 5.69 Å². The van der Waals surface area contributed by atoms with E-state index in [1.807, 2.05) is 22.8 Å². The zero-order chi connectivity index (χ0) is 12.0. The molecule has 90 valence electrons. The number of rotatable bonds is 1. The Morgan fingerprint density at radius 3 is 3.00 bits per heavy atom. The van der Waals surface area contributed by atoms with Crippen molar-refractivity contribution < 1.29 is 0 Å². The van der Waals surface area contributed by atoms with Gasteiger partial charge in [0.1, 0.15) is 0 Å². The molecule has 0 radical (unpaired) electrons. The van der Waals surface area contributed by atoms with Crippen LogP contribution in [0.4, 0.5) is 0 Å². The predicted octanol–water partition coefficient (Wildman–Crippen LogP) is 1.53. The van der Waals surface area contributed by atoms with E-state index in [2.05, 4.69) is 5.32 Å².